The van der Waals surface area contributed by atoms with E-state index in [2.05, 4.69) is 5.32 Å². The van der Waals surface area contributed by atoms with Gasteiger partial charge in [-0.05, 0) is 26.2 Å². The highest BCUT2D eigenvalue weighted by Gasteiger charge is 2.28. The first-order valence-corrected chi connectivity index (χ1v) is 6.75. The molecular weight excluding hydrogens is 248 g/mol. The third-order valence-corrected chi connectivity index (χ3v) is 3.20. The van der Waals surface area contributed by atoms with Crippen LogP contribution in [0.15, 0.2) is 0 Å². The number of aliphatic hydroxyl groups is 1. The van der Waals surface area contributed by atoms with E-state index in [0.717, 1.165) is 0 Å². The molecule has 0 aliphatic carbocycles. The van der Waals surface area contributed by atoms with Crippen molar-refractivity contribution in [3.05, 3.63) is 0 Å². The summed E-state index contributed by atoms with van der Waals surface area (Å²) in [4.78, 5) is 24.8. The van der Waals surface area contributed by atoms with E-state index < -0.39 is 18.0 Å². The lowest BCUT2D eigenvalue weighted by Gasteiger charge is -2.29. The smallest absolute Gasteiger partial charge is 0.326 e. The molecule has 6 nitrogen and oxygen atoms in total. The van der Waals surface area contributed by atoms with Crippen LogP contribution in [0.1, 0.15) is 40.5 Å². The van der Waals surface area contributed by atoms with Crippen LogP contribution in [0.5, 0.6) is 0 Å². The average molecular weight is 274 g/mol. The number of carboxylic acids is 1. The molecule has 0 bridgehead atoms. The number of carboxylic acid groups (broad SMARTS) is 1. The summed E-state index contributed by atoms with van der Waals surface area (Å²) < 4.78 is 0. The molecule has 2 atom stereocenters. The molecule has 0 fully saturated rings. The van der Waals surface area contributed by atoms with E-state index in [-0.39, 0.29) is 18.6 Å². The maximum absolute atomic E-state index is 12.1. The lowest BCUT2D eigenvalue weighted by Crippen LogP contribution is -2.52. The number of rotatable bonds is 8. The fraction of sp³-hybridized carbons (Fsp3) is 0.846. The van der Waals surface area contributed by atoms with Gasteiger partial charge in [0.05, 0.1) is 0 Å². The number of aliphatic hydroxyl groups excluding tert-OH is 1. The van der Waals surface area contributed by atoms with Crippen LogP contribution >= 0.6 is 0 Å². The largest absolute Gasteiger partial charge is 0.480 e. The highest BCUT2D eigenvalue weighted by molar-refractivity contribution is 5.82. The van der Waals surface area contributed by atoms with Crippen molar-refractivity contribution in [3.8, 4) is 0 Å². The van der Waals surface area contributed by atoms with Crippen molar-refractivity contribution >= 4 is 12.0 Å². The molecular formula is C13H26N2O4. The molecule has 0 saturated carbocycles. The summed E-state index contributed by atoms with van der Waals surface area (Å²) in [6.07, 6.45) is 1.15. The molecule has 0 aliphatic rings. The van der Waals surface area contributed by atoms with Gasteiger partial charge in [0.25, 0.3) is 0 Å². The van der Waals surface area contributed by atoms with Crippen LogP contribution < -0.4 is 5.32 Å². The van der Waals surface area contributed by atoms with E-state index >= 15 is 0 Å². The van der Waals surface area contributed by atoms with Crippen LogP contribution in [0.3, 0.4) is 0 Å². The number of carbonyl (C=O) groups excluding carboxylic acids is 1. The van der Waals surface area contributed by atoms with Crippen LogP contribution in [0, 0.1) is 5.92 Å². The molecule has 0 heterocycles. The summed E-state index contributed by atoms with van der Waals surface area (Å²) >= 11 is 0. The van der Waals surface area contributed by atoms with E-state index in [1.807, 2.05) is 20.8 Å². The quantitative estimate of drug-likeness (QED) is 0.622. The fourth-order valence-electron chi connectivity index (χ4n) is 1.73. The Morgan fingerprint density at radius 3 is 2.21 bits per heavy atom. The molecule has 0 unspecified atom stereocenters. The summed E-state index contributed by atoms with van der Waals surface area (Å²) in [5.74, 6) is -1.15. The van der Waals surface area contributed by atoms with Gasteiger partial charge in [-0.25, -0.2) is 9.59 Å². The Labute approximate surface area is 114 Å². The number of hydrogen-bond acceptors (Lipinski definition) is 3. The zero-order valence-electron chi connectivity index (χ0n) is 12.2. The molecule has 0 aromatic rings. The Bertz CT molecular complexity index is 294. The van der Waals surface area contributed by atoms with Crippen molar-refractivity contribution in [1.29, 1.82) is 0 Å². The van der Waals surface area contributed by atoms with Crippen molar-refractivity contribution < 1.29 is 19.8 Å². The second kappa shape index (κ2) is 8.74. The first-order chi connectivity index (χ1) is 8.84. The van der Waals surface area contributed by atoms with Gasteiger partial charge in [0.2, 0.25) is 0 Å². The molecule has 0 aromatic carbocycles. The maximum atomic E-state index is 12.1. The van der Waals surface area contributed by atoms with E-state index in [1.165, 1.54) is 4.90 Å². The third-order valence-electron chi connectivity index (χ3n) is 3.20. The van der Waals surface area contributed by atoms with Crippen molar-refractivity contribution in [2.45, 2.75) is 52.6 Å². The van der Waals surface area contributed by atoms with Crippen LogP contribution in [0.4, 0.5) is 4.79 Å². The molecule has 3 N–H and O–H groups in total. The standard InChI is InChI=1S/C13H26N2O4/c1-5-10(4)11(12(17)18)14-13(19)15(9(2)3)7-6-8-16/h9-11,16H,5-8H2,1-4H3,(H,14,19)(H,17,18)/t10-,11-/m0/s1. The van der Waals surface area contributed by atoms with Crippen LogP contribution in [-0.2, 0) is 4.79 Å². The molecule has 0 spiro atoms. The van der Waals surface area contributed by atoms with Gasteiger partial charge in [0, 0.05) is 19.2 Å². The summed E-state index contributed by atoms with van der Waals surface area (Å²) in [5, 5.41) is 20.5. The van der Waals surface area contributed by atoms with E-state index in [9.17, 15) is 9.59 Å². The number of aliphatic carboxylic acids is 1. The predicted molar refractivity (Wildman–Crippen MR) is 73.0 cm³/mol. The third kappa shape index (κ3) is 5.92. The van der Waals surface area contributed by atoms with E-state index in [0.29, 0.717) is 19.4 Å². The van der Waals surface area contributed by atoms with Gasteiger partial charge in [0.1, 0.15) is 6.04 Å². The van der Waals surface area contributed by atoms with E-state index in [1.54, 1.807) is 6.92 Å². The molecule has 19 heavy (non-hydrogen) atoms. The normalized spacial score (nSPS) is 14.0. The summed E-state index contributed by atoms with van der Waals surface area (Å²) in [5.41, 5.74) is 0. The molecule has 0 rings (SSSR count). The molecule has 0 radical (unpaired) electrons. The Morgan fingerprint density at radius 2 is 1.84 bits per heavy atom. The second-order valence-electron chi connectivity index (χ2n) is 5.02. The highest BCUT2D eigenvalue weighted by Crippen LogP contribution is 2.09. The van der Waals surface area contributed by atoms with E-state index in [4.69, 9.17) is 10.2 Å². The Morgan fingerprint density at radius 1 is 1.26 bits per heavy atom. The van der Waals surface area contributed by atoms with Gasteiger partial charge in [-0.2, -0.15) is 0 Å². The van der Waals surface area contributed by atoms with Crippen LogP contribution in [-0.4, -0.2) is 52.3 Å². The number of urea groups is 1. The first-order valence-electron chi connectivity index (χ1n) is 6.75. The molecule has 2 amide bonds. The monoisotopic (exact) mass is 274 g/mol. The maximum Gasteiger partial charge on any atom is 0.326 e. The van der Waals surface area contributed by atoms with Gasteiger partial charge in [-0.15, -0.1) is 0 Å². The summed E-state index contributed by atoms with van der Waals surface area (Å²) in [6, 6.07) is -1.32. The molecule has 0 saturated heterocycles. The zero-order chi connectivity index (χ0) is 15.0. The second-order valence-corrected chi connectivity index (χ2v) is 5.02. The fourth-order valence-corrected chi connectivity index (χ4v) is 1.73. The first kappa shape index (κ1) is 17.7. The van der Waals surface area contributed by atoms with Gasteiger partial charge in [-0.3, -0.25) is 0 Å². The molecule has 0 aromatic heterocycles. The minimum atomic E-state index is -1.02. The summed E-state index contributed by atoms with van der Waals surface area (Å²) in [6.45, 7) is 7.81. The highest BCUT2D eigenvalue weighted by atomic mass is 16.4. The SMILES string of the molecule is CC[C@H](C)[C@H](NC(=O)N(CCCO)C(C)C)C(=O)O. The number of amides is 2. The van der Waals surface area contributed by atoms with Crippen molar-refractivity contribution in [3.63, 3.8) is 0 Å². The average Bonchev–Trinajstić information content (AvgIpc) is 2.34. The lowest BCUT2D eigenvalue weighted by atomic mass is 9.99. The Balaban J connectivity index is 4.71. The van der Waals surface area contributed by atoms with Crippen LogP contribution in [0.2, 0.25) is 0 Å². The van der Waals surface area contributed by atoms with Crippen molar-refractivity contribution in [2.24, 2.45) is 5.92 Å². The number of nitrogens with one attached hydrogen (secondary N) is 1. The van der Waals surface area contributed by atoms with Gasteiger partial charge >= 0.3 is 12.0 Å². The van der Waals surface area contributed by atoms with Crippen molar-refractivity contribution in [2.75, 3.05) is 13.2 Å². The lowest BCUT2D eigenvalue weighted by molar-refractivity contribution is -0.140. The topological polar surface area (TPSA) is 89.9 Å². The minimum absolute atomic E-state index is 0.00419. The minimum Gasteiger partial charge on any atom is -0.480 e. The number of nitrogens with zero attached hydrogens (tertiary/aromatic N) is 1. The van der Waals surface area contributed by atoms with Crippen LogP contribution in [0.25, 0.3) is 0 Å². The Hall–Kier alpha value is -1.30. The van der Waals surface area contributed by atoms with Gasteiger partial charge < -0.3 is 20.4 Å². The zero-order valence-corrected chi connectivity index (χ0v) is 12.2. The number of hydrogen-bond donors (Lipinski definition) is 3. The summed E-state index contributed by atoms with van der Waals surface area (Å²) in [7, 11) is 0. The predicted octanol–water partition coefficient (Wildman–Crippen LogP) is 1.29. The number of carbonyl (C=O) groups is 2. The molecule has 6 heteroatoms. The van der Waals surface area contributed by atoms with Gasteiger partial charge in [-0.1, -0.05) is 20.3 Å². The molecule has 112 valence electrons. The van der Waals surface area contributed by atoms with Crippen molar-refractivity contribution in [1.82, 2.24) is 10.2 Å². The Kier molecular flexibility index (Phi) is 8.14. The molecule has 0 aliphatic heterocycles. The van der Waals surface area contributed by atoms with Gasteiger partial charge in [0.15, 0.2) is 0 Å².